The van der Waals surface area contributed by atoms with Crippen LogP contribution in [0.15, 0.2) is 54.6 Å². The molecule has 1 aliphatic carbocycles. The first-order valence-corrected chi connectivity index (χ1v) is 8.09. The number of hydrogen-bond acceptors (Lipinski definition) is 4. The summed E-state index contributed by atoms with van der Waals surface area (Å²) in [6.07, 6.45) is 5.29. The SMILES string of the molecule is N[C@@H](COC(=O)C1CC=Cc2ccccc21)Cc1ccc(O)cc1. The van der Waals surface area contributed by atoms with Gasteiger partial charge in [-0.05, 0) is 41.7 Å². The Morgan fingerprint density at radius 1 is 1.21 bits per heavy atom. The molecule has 24 heavy (non-hydrogen) atoms. The van der Waals surface area contributed by atoms with Crippen LogP contribution in [-0.2, 0) is 16.0 Å². The van der Waals surface area contributed by atoms with Crippen LogP contribution in [0.3, 0.4) is 0 Å². The Morgan fingerprint density at radius 3 is 2.75 bits per heavy atom. The second kappa shape index (κ2) is 7.32. The Kier molecular flexibility index (Phi) is 4.96. The van der Waals surface area contributed by atoms with Crippen LogP contribution in [0.2, 0.25) is 0 Å². The van der Waals surface area contributed by atoms with E-state index >= 15 is 0 Å². The molecule has 1 unspecified atom stereocenters. The molecule has 4 nitrogen and oxygen atoms in total. The number of allylic oxidation sites excluding steroid dienone is 1. The van der Waals surface area contributed by atoms with Gasteiger partial charge in [0.25, 0.3) is 0 Å². The van der Waals surface area contributed by atoms with Crippen molar-refractivity contribution in [3.05, 3.63) is 71.3 Å². The number of aromatic hydroxyl groups is 1. The Labute approximate surface area is 141 Å². The predicted octanol–water partition coefficient (Wildman–Crippen LogP) is 3.01. The monoisotopic (exact) mass is 323 g/mol. The topological polar surface area (TPSA) is 72.5 Å². The number of phenols is 1. The van der Waals surface area contributed by atoms with E-state index in [9.17, 15) is 9.90 Å². The Bertz CT molecular complexity index is 737. The summed E-state index contributed by atoms with van der Waals surface area (Å²) in [6.45, 7) is 0.183. The first-order chi connectivity index (χ1) is 11.6. The van der Waals surface area contributed by atoms with E-state index in [1.54, 1.807) is 12.1 Å². The minimum atomic E-state index is -0.270. The largest absolute Gasteiger partial charge is 0.508 e. The smallest absolute Gasteiger partial charge is 0.313 e. The lowest BCUT2D eigenvalue weighted by Gasteiger charge is -2.21. The number of carbonyl (C=O) groups is 1. The maximum atomic E-state index is 12.4. The van der Waals surface area contributed by atoms with Crippen LogP contribution in [-0.4, -0.2) is 23.7 Å². The molecule has 3 rings (SSSR count). The molecule has 0 saturated carbocycles. The Morgan fingerprint density at radius 2 is 1.96 bits per heavy atom. The van der Waals surface area contributed by atoms with E-state index in [4.69, 9.17) is 10.5 Å². The number of nitrogens with two attached hydrogens (primary N) is 1. The molecule has 0 heterocycles. The number of esters is 1. The van der Waals surface area contributed by atoms with Crippen LogP contribution in [0.25, 0.3) is 6.08 Å². The molecular formula is C20H21NO3. The molecule has 0 radical (unpaired) electrons. The quantitative estimate of drug-likeness (QED) is 0.830. The van der Waals surface area contributed by atoms with E-state index in [-0.39, 0.29) is 30.3 Å². The summed E-state index contributed by atoms with van der Waals surface area (Å²) in [6, 6.07) is 14.5. The number of ether oxygens (including phenoxy) is 1. The molecule has 2 atom stereocenters. The van der Waals surface area contributed by atoms with Gasteiger partial charge in [0.15, 0.2) is 0 Å². The molecule has 0 aromatic heterocycles. The molecule has 2 aromatic carbocycles. The van der Waals surface area contributed by atoms with Gasteiger partial charge >= 0.3 is 5.97 Å². The molecular weight excluding hydrogens is 302 g/mol. The van der Waals surface area contributed by atoms with Gasteiger partial charge in [0, 0.05) is 6.04 Å². The lowest BCUT2D eigenvalue weighted by Crippen LogP contribution is -2.31. The second-order valence-electron chi connectivity index (χ2n) is 6.08. The van der Waals surface area contributed by atoms with Gasteiger partial charge in [-0.15, -0.1) is 0 Å². The average Bonchev–Trinajstić information content (AvgIpc) is 2.61. The number of rotatable bonds is 5. The van der Waals surface area contributed by atoms with Crippen molar-refractivity contribution < 1.29 is 14.6 Å². The molecule has 2 aromatic rings. The van der Waals surface area contributed by atoms with Crippen LogP contribution in [0.1, 0.15) is 29.0 Å². The van der Waals surface area contributed by atoms with Gasteiger partial charge in [0.1, 0.15) is 12.4 Å². The number of hydrogen-bond donors (Lipinski definition) is 2. The molecule has 124 valence electrons. The maximum Gasteiger partial charge on any atom is 0.313 e. The van der Waals surface area contributed by atoms with Gasteiger partial charge in [-0.25, -0.2) is 0 Å². The molecule has 0 spiro atoms. The fraction of sp³-hybridized carbons (Fsp3) is 0.250. The number of fused-ring (bicyclic) bond motifs is 1. The van der Waals surface area contributed by atoms with Gasteiger partial charge in [-0.2, -0.15) is 0 Å². The third kappa shape index (κ3) is 3.84. The lowest BCUT2D eigenvalue weighted by molar-refractivity contribution is -0.146. The van der Waals surface area contributed by atoms with Gasteiger partial charge in [0.05, 0.1) is 5.92 Å². The molecule has 3 N–H and O–H groups in total. The molecule has 1 aliphatic rings. The molecule has 0 saturated heterocycles. The fourth-order valence-corrected chi connectivity index (χ4v) is 2.94. The van der Waals surface area contributed by atoms with Crippen LogP contribution in [0.5, 0.6) is 5.75 Å². The van der Waals surface area contributed by atoms with Crippen molar-refractivity contribution >= 4 is 12.0 Å². The highest BCUT2D eigenvalue weighted by Gasteiger charge is 2.25. The summed E-state index contributed by atoms with van der Waals surface area (Å²) >= 11 is 0. The van der Waals surface area contributed by atoms with Crippen LogP contribution >= 0.6 is 0 Å². The van der Waals surface area contributed by atoms with Crippen LogP contribution < -0.4 is 5.73 Å². The standard InChI is InChI=1S/C20H21NO3/c21-16(12-14-8-10-17(22)11-9-14)13-24-20(23)19-7-3-5-15-4-1-2-6-18(15)19/h1-6,8-11,16,19,22H,7,12-13,21H2/t16-,19?/m1/s1. The van der Waals surface area contributed by atoms with E-state index in [0.29, 0.717) is 12.8 Å². The zero-order valence-electron chi connectivity index (χ0n) is 13.4. The third-order valence-electron chi connectivity index (χ3n) is 4.20. The van der Waals surface area contributed by atoms with Crippen molar-refractivity contribution in [2.45, 2.75) is 24.8 Å². The minimum Gasteiger partial charge on any atom is -0.508 e. The maximum absolute atomic E-state index is 12.4. The summed E-state index contributed by atoms with van der Waals surface area (Å²) < 4.78 is 5.45. The van der Waals surface area contributed by atoms with Crippen LogP contribution in [0.4, 0.5) is 0 Å². The van der Waals surface area contributed by atoms with Gasteiger partial charge in [-0.3, -0.25) is 4.79 Å². The van der Waals surface area contributed by atoms with E-state index in [2.05, 4.69) is 0 Å². The highest BCUT2D eigenvalue weighted by Crippen LogP contribution is 2.30. The normalized spacial score (nSPS) is 17.1. The fourth-order valence-electron chi connectivity index (χ4n) is 2.94. The zero-order chi connectivity index (χ0) is 16.9. The zero-order valence-corrected chi connectivity index (χ0v) is 13.4. The third-order valence-corrected chi connectivity index (χ3v) is 4.20. The number of phenolic OH excluding ortho intramolecular Hbond substituents is 1. The average molecular weight is 323 g/mol. The van der Waals surface area contributed by atoms with Gasteiger partial charge < -0.3 is 15.6 Å². The summed E-state index contributed by atoms with van der Waals surface area (Å²) in [4.78, 5) is 12.4. The summed E-state index contributed by atoms with van der Waals surface area (Å²) in [5.41, 5.74) is 9.14. The summed E-state index contributed by atoms with van der Waals surface area (Å²) in [5.74, 6) is -0.261. The van der Waals surface area contributed by atoms with E-state index in [1.807, 2.05) is 48.6 Å². The van der Waals surface area contributed by atoms with Crippen molar-refractivity contribution in [2.24, 2.45) is 5.73 Å². The van der Waals surface area contributed by atoms with Crippen molar-refractivity contribution in [3.8, 4) is 5.75 Å². The molecule has 0 amide bonds. The first kappa shape index (κ1) is 16.3. The number of carbonyl (C=O) groups excluding carboxylic acids is 1. The second-order valence-corrected chi connectivity index (χ2v) is 6.08. The van der Waals surface area contributed by atoms with Gasteiger partial charge in [0.2, 0.25) is 0 Å². The Hall–Kier alpha value is -2.59. The molecule has 0 aliphatic heterocycles. The first-order valence-electron chi connectivity index (χ1n) is 8.09. The Balaban J connectivity index is 1.56. The highest BCUT2D eigenvalue weighted by atomic mass is 16.5. The van der Waals surface area contributed by atoms with E-state index < -0.39 is 0 Å². The molecule has 4 heteroatoms. The van der Waals surface area contributed by atoms with Gasteiger partial charge in [-0.1, -0.05) is 48.6 Å². The van der Waals surface area contributed by atoms with Crippen molar-refractivity contribution in [1.29, 1.82) is 0 Å². The predicted molar refractivity (Wildman–Crippen MR) is 93.6 cm³/mol. The van der Waals surface area contributed by atoms with Crippen molar-refractivity contribution in [3.63, 3.8) is 0 Å². The van der Waals surface area contributed by atoms with E-state index in [0.717, 1.165) is 16.7 Å². The highest BCUT2D eigenvalue weighted by molar-refractivity contribution is 5.81. The van der Waals surface area contributed by atoms with Crippen molar-refractivity contribution in [1.82, 2.24) is 0 Å². The van der Waals surface area contributed by atoms with Crippen molar-refractivity contribution in [2.75, 3.05) is 6.61 Å². The summed E-state index contributed by atoms with van der Waals surface area (Å²) in [5, 5.41) is 9.29. The molecule has 0 bridgehead atoms. The van der Waals surface area contributed by atoms with Crippen LogP contribution in [0, 0.1) is 0 Å². The molecule has 0 fully saturated rings. The number of benzene rings is 2. The lowest BCUT2D eigenvalue weighted by atomic mass is 9.87. The minimum absolute atomic E-state index is 0.183. The van der Waals surface area contributed by atoms with E-state index in [1.165, 1.54) is 0 Å². The summed E-state index contributed by atoms with van der Waals surface area (Å²) in [7, 11) is 0.